The van der Waals surface area contributed by atoms with E-state index >= 15 is 0 Å². The van der Waals surface area contributed by atoms with Crippen molar-refractivity contribution in [2.24, 2.45) is 0 Å². The van der Waals surface area contributed by atoms with E-state index in [4.69, 9.17) is 4.74 Å². The summed E-state index contributed by atoms with van der Waals surface area (Å²) in [6.45, 7) is 1.91. The quantitative estimate of drug-likeness (QED) is 0.763. The minimum Gasteiger partial charge on any atom is -0.436 e. The number of halogens is 3. The van der Waals surface area contributed by atoms with E-state index in [-0.39, 0.29) is 5.75 Å². The molecule has 2 aromatic rings. The van der Waals surface area contributed by atoms with Crippen molar-refractivity contribution in [3.8, 4) is 11.6 Å². The maximum atomic E-state index is 13.5. The van der Waals surface area contributed by atoms with Gasteiger partial charge >= 0.3 is 0 Å². The third-order valence-electron chi connectivity index (χ3n) is 2.13. The molecule has 2 rings (SSSR count). The largest absolute Gasteiger partial charge is 0.436 e. The van der Waals surface area contributed by atoms with Crippen molar-refractivity contribution in [3.63, 3.8) is 0 Å². The summed E-state index contributed by atoms with van der Waals surface area (Å²) in [6, 6.07) is 6.36. The first-order valence-electron chi connectivity index (χ1n) is 4.81. The zero-order valence-corrected chi connectivity index (χ0v) is 12.0. The highest BCUT2D eigenvalue weighted by Crippen LogP contribution is 2.27. The molecule has 0 radical (unpaired) electrons. The van der Waals surface area contributed by atoms with Gasteiger partial charge in [-0.1, -0.05) is 15.9 Å². The number of rotatable bonds is 2. The first-order chi connectivity index (χ1) is 8.06. The fourth-order valence-corrected chi connectivity index (χ4v) is 1.79. The molecular weight excluding hydrogens is 353 g/mol. The molecule has 88 valence electrons. The monoisotopic (exact) mass is 359 g/mol. The molecule has 1 heterocycles. The number of aromatic nitrogens is 1. The summed E-state index contributed by atoms with van der Waals surface area (Å²) in [4.78, 5) is 4.05. The van der Waals surface area contributed by atoms with Crippen LogP contribution >= 0.6 is 31.9 Å². The Morgan fingerprint density at radius 1 is 1.24 bits per heavy atom. The van der Waals surface area contributed by atoms with Crippen LogP contribution in [0.1, 0.15) is 5.56 Å². The third kappa shape index (κ3) is 3.04. The number of benzene rings is 1. The van der Waals surface area contributed by atoms with Gasteiger partial charge in [0.15, 0.2) is 11.6 Å². The van der Waals surface area contributed by atoms with E-state index in [1.807, 2.05) is 6.92 Å². The molecule has 2 nitrogen and oxygen atoms in total. The van der Waals surface area contributed by atoms with Gasteiger partial charge in [0, 0.05) is 21.2 Å². The number of hydrogen-bond donors (Lipinski definition) is 0. The number of pyridine rings is 1. The van der Waals surface area contributed by atoms with Gasteiger partial charge in [0.25, 0.3) is 0 Å². The van der Waals surface area contributed by atoms with Crippen LogP contribution in [0.15, 0.2) is 39.4 Å². The lowest BCUT2D eigenvalue weighted by Gasteiger charge is -2.07. The fourth-order valence-electron chi connectivity index (χ4n) is 1.24. The molecule has 0 fully saturated rings. The van der Waals surface area contributed by atoms with E-state index in [1.54, 1.807) is 24.4 Å². The average Bonchev–Trinajstić information content (AvgIpc) is 2.27. The van der Waals surface area contributed by atoms with E-state index < -0.39 is 5.82 Å². The molecular formula is C12H8Br2FNO. The summed E-state index contributed by atoms with van der Waals surface area (Å²) in [7, 11) is 0. The second-order valence-corrected chi connectivity index (χ2v) is 5.22. The van der Waals surface area contributed by atoms with Crippen molar-refractivity contribution in [1.82, 2.24) is 4.98 Å². The van der Waals surface area contributed by atoms with Gasteiger partial charge in [0.2, 0.25) is 5.88 Å². The van der Waals surface area contributed by atoms with Crippen LogP contribution in [-0.4, -0.2) is 4.98 Å². The van der Waals surface area contributed by atoms with Gasteiger partial charge in [-0.3, -0.25) is 0 Å². The van der Waals surface area contributed by atoms with Gasteiger partial charge < -0.3 is 4.74 Å². The Balaban J connectivity index is 2.28. The van der Waals surface area contributed by atoms with Crippen LogP contribution in [0, 0.1) is 12.7 Å². The molecule has 1 aromatic heterocycles. The van der Waals surface area contributed by atoms with E-state index in [9.17, 15) is 4.39 Å². The zero-order chi connectivity index (χ0) is 12.4. The standard InChI is InChI=1S/C12H8Br2FNO/c1-7-4-12(16-6-9(7)14)17-11-3-2-8(13)5-10(11)15/h2-6H,1H3. The smallest absolute Gasteiger partial charge is 0.219 e. The molecule has 0 spiro atoms. The zero-order valence-electron chi connectivity index (χ0n) is 8.88. The molecule has 0 aliphatic carbocycles. The molecule has 0 N–H and O–H groups in total. The number of nitrogens with zero attached hydrogens (tertiary/aromatic N) is 1. The minimum atomic E-state index is -0.429. The highest BCUT2D eigenvalue weighted by molar-refractivity contribution is 9.10. The van der Waals surface area contributed by atoms with Gasteiger partial charge in [-0.25, -0.2) is 9.37 Å². The van der Waals surface area contributed by atoms with Crippen molar-refractivity contribution in [2.45, 2.75) is 6.92 Å². The van der Waals surface area contributed by atoms with E-state index in [2.05, 4.69) is 36.8 Å². The second kappa shape index (κ2) is 5.14. The number of ether oxygens (including phenoxy) is 1. The Hall–Kier alpha value is -0.940. The first-order valence-corrected chi connectivity index (χ1v) is 6.40. The molecule has 5 heteroatoms. The molecule has 0 bridgehead atoms. The summed E-state index contributed by atoms with van der Waals surface area (Å²) >= 11 is 6.53. The van der Waals surface area contributed by atoms with Crippen LogP contribution in [0.3, 0.4) is 0 Å². The Morgan fingerprint density at radius 3 is 2.65 bits per heavy atom. The van der Waals surface area contributed by atoms with Gasteiger partial charge in [-0.2, -0.15) is 0 Å². The van der Waals surface area contributed by atoms with Gasteiger partial charge in [-0.15, -0.1) is 0 Å². The van der Waals surface area contributed by atoms with Crippen LogP contribution in [0.2, 0.25) is 0 Å². The molecule has 1 aromatic carbocycles. The lowest BCUT2D eigenvalue weighted by atomic mass is 10.3. The van der Waals surface area contributed by atoms with Gasteiger partial charge in [0.05, 0.1) is 0 Å². The van der Waals surface area contributed by atoms with Crippen LogP contribution in [0.5, 0.6) is 11.6 Å². The van der Waals surface area contributed by atoms with Gasteiger partial charge in [-0.05, 0) is 46.6 Å². The molecule has 0 atom stereocenters. The highest BCUT2D eigenvalue weighted by atomic mass is 79.9. The van der Waals surface area contributed by atoms with Crippen molar-refractivity contribution >= 4 is 31.9 Å². The normalized spacial score (nSPS) is 10.4. The van der Waals surface area contributed by atoms with Crippen LogP contribution in [-0.2, 0) is 0 Å². The number of hydrogen-bond acceptors (Lipinski definition) is 2. The Kier molecular flexibility index (Phi) is 3.79. The lowest BCUT2D eigenvalue weighted by molar-refractivity contribution is 0.427. The Morgan fingerprint density at radius 2 is 2.00 bits per heavy atom. The molecule has 0 saturated heterocycles. The molecule has 0 aliphatic heterocycles. The predicted molar refractivity (Wildman–Crippen MR) is 70.8 cm³/mol. The predicted octanol–water partition coefficient (Wildman–Crippen LogP) is 4.85. The summed E-state index contributed by atoms with van der Waals surface area (Å²) in [6.07, 6.45) is 1.63. The number of aryl methyl sites for hydroxylation is 1. The fraction of sp³-hybridized carbons (Fsp3) is 0.0833. The van der Waals surface area contributed by atoms with Crippen molar-refractivity contribution in [3.05, 3.63) is 50.8 Å². The minimum absolute atomic E-state index is 0.155. The molecule has 0 amide bonds. The second-order valence-electron chi connectivity index (χ2n) is 3.45. The molecule has 17 heavy (non-hydrogen) atoms. The Bertz CT molecular complexity index is 560. The van der Waals surface area contributed by atoms with E-state index in [0.29, 0.717) is 10.4 Å². The van der Waals surface area contributed by atoms with Crippen LogP contribution in [0.4, 0.5) is 4.39 Å². The molecule has 0 unspecified atom stereocenters. The first kappa shape index (κ1) is 12.5. The van der Waals surface area contributed by atoms with Crippen LogP contribution < -0.4 is 4.74 Å². The SMILES string of the molecule is Cc1cc(Oc2ccc(Br)cc2F)ncc1Br. The Labute approximate surface area is 115 Å². The van der Waals surface area contributed by atoms with E-state index in [1.165, 1.54) is 6.07 Å². The maximum absolute atomic E-state index is 13.5. The lowest BCUT2D eigenvalue weighted by Crippen LogP contribution is -1.91. The third-order valence-corrected chi connectivity index (χ3v) is 3.45. The summed E-state index contributed by atoms with van der Waals surface area (Å²) in [5.74, 6) is 0.0936. The van der Waals surface area contributed by atoms with E-state index in [0.717, 1.165) is 10.0 Å². The summed E-state index contributed by atoms with van der Waals surface area (Å²) in [5, 5.41) is 0. The average molecular weight is 361 g/mol. The summed E-state index contributed by atoms with van der Waals surface area (Å²) in [5.41, 5.74) is 0.979. The van der Waals surface area contributed by atoms with Crippen molar-refractivity contribution in [2.75, 3.05) is 0 Å². The topological polar surface area (TPSA) is 22.1 Å². The van der Waals surface area contributed by atoms with Crippen molar-refractivity contribution in [1.29, 1.82) is 0 Å². The maximum Gasteiger partial charge on any atom is 0.219 e. The highest BCUT2D eigenvalue weighted by Gasteiger charge is 2.07. The summed E-state index contributed by atoms with van der Waals surface area (Å²) < 4.78 is 20.5. The van der Waals surface area contributed by atoms with Crippen molar-refractivity contribution < 1.29 is 9.13 Å². The van der Waals surface area contributed by atoms with Crippen LogP contribution in [0.25, 0.3) is 0 Å². The molecule has 0 saturated carbocycles. The molecule has 0 aliphatic rings. The van der Waals surface area contributed by atoms with Gasteiger partial charge in [0.1, 0.15) is 0 Å².